The van der Waals surface area contributed by atoms with Crippen molar-refractivity contribution in [2.45, 2.75) is 55.8 Å². The van der Waals surface area contributed by atoms with E-state index in [2.05, 4.69) is 17.6 Å². The van der Waals surface area contributed by atoms with Gasteiger partial charge in [0, 0.05) is 17.5 Å². The summed E-state index contributed by atoms with van der Waals surface area (Å²) in [7, 11) is 0. The van der Waals surface area contributed by atoms with Crippen LogP contribution in [-0.2, 0) is 20.9 Å². The van der Waals surface area contributed by atoms with Gasteiger partial charge in [0.25, 0.3) is 0 Å². The number of thioether (sulfide) groups is 1. The van der Waals surface area contributed by atoms with Crippen molar-refractivity contribution in [3.8, 4) is 0 Å². The summed E-state index contributed by atoms with van der Waals surface area (Å²) in [6.45, 7) is 6.12. The molecule has 5 rings (SSSR count). The highest BCUT2D eigenvalue weighted by molar-refractivity contribution is 8.02. The van der Waals surface area contributed by atoms with Crippen LogP contribution in [0.1, 0.15) is 32.8 Å². The van der Waals surface area contributed by atoms with Crippen LogP contribution < -0.4 is 10.6 Å². The Bertz CT molecular complexity index is 1160. The number of aliphatic hydroxyl groups excluding tert-OH is 1. The quantitative estimate of drug-likeness (QED) is 0.495. The van der Waals surface area contributed by atoms with Gasteiger partial charge in [-0.3, -0.25) is 14.4 Å². The van der Waals surface area contributed by atoms with Crippen molar-refractivity contribution in [2.24, 2.45) is 23.7 Å². The van der Waals surface area contributed by atoms with Crippen LogP contribution in [0.3, 0.4) is 0 Å². The average Bonchev–Trinajstić information content (AvgIpc) is 3.48. The molecule has 2 bridgehead atoms. The van der Waals surface area contributed by atoms with Gasteiger partial charge in [0.05, 0.1) is 29.2 Å². The molecule has 3 amide bonds. The minimum atomic E-state index is -0.757. The Hall–Kier alpha value is -2.84. The molecule has 0 radical (unpaired) electrons. The molecule has 3 aliphatic heterocycles. The lowest BCUT2D eigenvalue weighted by Crippen LogP contribution is -2.59. The monoisotopic (exact) mass is 521 g/mol. The Kier molecular flexibility index (Phi) is 7.07. The van der Waals surface area contributed by atoms with Crippen molar-refractivity contribution >= 4 is 35.2 Å². The highest BCUT2D eigenvalue weighted by atomic mass is 32.2. The fourth-order valence-corrected chi connectivity index (χ4v) is 9.07. The molecular formula is C29H35N3O4S. The summed E-state index contributed by atoms with van der Waals surface area (Å²) in [5.74, 6) is -1.72. The van der Waals surface area contributed by atoms with Gasteiger partial charge in [-0.05, 0) is 36.0 Å². The fraction of sp³-hybridized carbons (Fsp3) is 0.483. The lowest BCUT2D eigenvalue weighted by atomic mass is 9.66. The van der Waals surface area contributed by atoms with Crippen LogP contribution in [0, 0.1) is 23.7 Å². The number of nitrogens with one attached hydrogen (secondary N) is 2. The molecule has 196 valence electrons. The van der Waals surface area contributed by atoms with Gasteiger partial charge in [-0.15, -0.1) is 11.8 Å². The van der Waals surface area contributed by atoms with Crippen LogP contribution in [0.4, 0.5) is 5.69 Å². The van der Waals surface area contributed by atoms with E-state index in [9.17, 15) is 19.5 Å². The van der Waals surface area contributed by atoms with Gasteiger partial charge >= 0.3 is 0 Å². The minimum absolute atomic E-state index is 0.0362. The van der Waals surface area contributed by atoms with E-state index in [1.165, 1.54) is 0 Å². The molecule has 2 aromatic rings. The molecular weight excluding hydrogens is 486 g/mol. The zero-order valence-corrected chi connectivity index (χ0v) is 22.3. The van der Waals surface area contributed by atoms with Gasteiger partial charge in [-0.25, -0.2) is 0 Å². The second-order valence-electron chi connectivity index (χ2n) is 10.9. The molecule has 3 saturated heterocycles. The van der Waals surface area contributed by atoms with Crippen molar-refractivity contribution in [2.75, 3.05) is 11.9 Å². The number of carbonyl (C=O) groups is 3. The van der Waals surface area contributed by atoms with Crippen molar-refractivity contribution in [1.82, 2.24) is 10.2 Å². The number of anilines is 1. The summed E-state index contributed by atoms with van der Waals surface area (Å²) in [6, 6.07) is 17.7. The van der Waals surface area contributed by atoms with E-state index >= 15 is 0 Å². The zero-order valence-electron chi connectivity index (χ0n) is 21.5. The molecule has 1 spiro atoms. The first-order valence-electron chi connectivity index (χ1n) is 13.1. The predicted octanol–water partition coefficient (Wildman–Crippen LogP) is 3.30. The first-order valence-corrected chi connectivity index (χ1v) is 14.0. The lowest BCUT2D eigenvalue weighted by Gasteiger charge is -2.40. The Labute approximate surface area is 222 Å². The Morgan fingerprint density at radius 2 is 1.73 bits per heavy atom. The Morgan fingerprint density at radius 1 is 1.08 bits per heavy atom. The van der Waals surface area contributed by atoms with Gasteiger partial charge in [-0.2, -0.15) is 0 Å². The van der Waals surface area contributed by atoms with Crippen molar-refractivity contribution < 1.29 is 19.5 Å². The molecule has 7 atom stereocenters. The molecule has 3 aliphatic rings. The van der Waals surface area contributed by atoms with Gasteiger partial charge in [0.1, 0.15) is 6.04 Å². The summed E-state index contributed by atoms with van der Waals surface area (Å²) >= 11 is 1.64. The van der Waals surface area contributed by atoms with E-state index in [-0.39, 0.29) is 41.4 Å². The molecule has 3 N–H and O–H groups in total. The van der Waals surface area contributed by atoms with Crippen LogP contribution in [0.15, 0.2) is 60.7 Å². The van der Waals surface area contributed by atoms with Gasteiger partial charge < -0.3 is 20.6 Å². The second kappa shape index (κ2) is 10.1. The van der Waals surface area contributed by atoms with Crippen molar-refractivity contribution in [3.05, 3.63) is 66.2 Å². The number of hydrogen-bond acceptors (Lipinski definition) is 5. The number of carbonyl (C=O) groups excluding carboxylic acids is 3. The fourth-order valence-electron chi connectivity index (χ4n) is 6.67. The smallest absolute Gasteiger partial charge is 0.244 e. The first-order chi connectivity index (χ1) is 17.8. The predicted molar refractivity (Wildman–Crippen MR) is 145 cm³/mol. The number of aliphatic hydroxyl groups is 1. The highest BCUT2D eigenvalue weighted by Crippen LogP contribution is 2.69. The maximum absolute atomic E-state index is 14.2. The van der Waals surface area contributed by atoms with Crippen LogP contribution in [0.2, 0.25) is 0 Å². The number of fused-ring (bicyclic) bond motifs is 1. The van der Waals surface area contributed by atoms with E-state index in [1.807, 2.05) is 74.5 Å². The molecule has 2 aromatic carbocycles. The molecule has 0 aromatic heterocycles. The Morgan fingerprint density at radius 3 is 2.35 bits per heavy atom. The van der Waals surface area contributed by atoms with E-state index in [4.69, 9.17) is 0 Å². The highest BCUT2D eigenvalue weighted by Gasteiger charge is 2.76. The summed E-state index contributed by atoms with van der Waals surface area (Å²) in [5.41, 5.74) is 1.66. The van der Waals surface area contributed by atoms with E-state index in [0.29, 0.717) is 12.2 Å². The molecule has 37 heavy (non-hydrogen) atoms. The third-order valence-corrected chi connectivity index (χ3v) is 10.5. The largest absolute Gasteiger partial charge is 0.394 e. The van der Waals surface area contributed by atoms with Crippen LogP contribution in [0.5, 0.6) is 0 Å². The average molecular weight is 522 g/mol. The maximum atomic E-state index is 14.2. The summed E-state index contributed by atoms with van der Waals surface area (Å²) in [5, 5.41) is 16.4. The summed E-state index contributed by atoms with van der Waals surface area (Å²) < 4.78 is -0.719. The first kappa shape index (κ1) is 25.8. The minimum Gasteiger partial charge on any atom is -0.394 e. The number of rotatable bonds is 8. The molecule has 3 heterocycles. The van der Waals surface area contributed by atoms with Gasteiger partial charge in [-0.1, -0.05) is 69.3 Å². The van der Waals surface area contributed by atoms with E-state index < -0.39 is 28.7 Å². The number of para-hydroxylation sites is 1. The normalized spacial score (nSPS) is 30.9. The third-order valence-electron chi connectivity index (χ3n) is 8.40. The maximum Gasteiger partial charge on any atom is 0.244 e. The molecule has 0 aliphatic carbocycles. The van der Waals surface area contributed by atoms with Gasteiger partial charge in [0.15, 0.2) is 0 Å². The van der Waals surface area contributed by atoms with E-state index in [0.717, 1.165) is 12.0 Å². The molecule has 3 unspecified atom stereocenters. The SMILES string of the molecule is CC(C)[C@H](CO)N1C(=O)[C@@H]2[C@H](C(=O)Nc3ccccc3)[C@@H]3CC(C)C2(S3)C1C(=O)NCc1ccccc1. The third kappa shape index (κ3) is 4.24. The lowest BCUT2D eigenvalue weighted by molar-refractivity contribution is -0.143. The Balaban J connectivity index is 1.51. The molecule has 7 nitrogen and oxygen atoms in total. The van der Waals surface area contributed by atoms with E-state index in [1.54, 1.807) is 16.7 Å². The number of benzene rings is 2. The van der Waals surface area contributed by atoms with Crippen molar-refractivity contribution in [3.63, 3.8) is 0 Å². The topological polar surface area (TPSA) is 98.7 Å². The number of nitrogens with zero attached hydrogens (tertiary/aromatic N) is 1. The second-order valence-corrected chi connectivity index (χ2v) is 12.4. The standard InChI is InChI=1S/C29H35N3O4S/c1-17(2)21(16-33)32-25(27(35)30-15-19-10-6-4-7-11-19)29-18(3)14-22(37-29)23(24(29)28(32)36)26(34)31-20-12-8-5-9-13-20/h4-13,17-18,21-25,33H,14-16H2,1-3H3,(H,30,35)(H,31,34)/t18?,21-,22-,23+,24-,25?,29?/m0/s1. The van der Waals surface area contributed by atoms with Crippen LogP contribution >= 0.6 is 11.8 Å². The zero-order chi connectivity index (χ0) is 26.3. The molecule has 0 saturated carbocycles. The van der Waals surface area contributed by atoms with Crippen LogP contribution in [-0.4, -0.2) is 56.4 Å². The number of likely N-dealkylation sites (tertiary alicyclic amines) is 1. The summed E-state index contributed by atoms with van der Waals surface area (Å²) in [6.07, 6.45) is 0.767. The molecule has 3 fully saturated rings. The number of hydrogen-bond donors (Lipinski definition) is 3. The van der Waals surface area contributed by atoms with Crippen LogP contribution in [0.25, 0.3) is 0 Å². The van der Waals surface area contributed by atoms with Crippen molar-refractivity contribution in [1.29, 1.82) is 0 Å². The summed E-state index contributed by atoms with van der Waals surface area (Å²) in [4.78, 5) is 43.4. The van der Waals surface area contributed by atoms with Gasteiger partial charge in [0.2, 0.25) is 17.7 Å². The molecule has 8 heteroatoms. The number of amides is 3.